The van der Waals surface area contributed by atoms with Crippen LogP contribution in [-0.4, -0.2) is 44.9 Å². The minimum absolute atomic E-state index is 0.225. The summed E-state index contributed by atoms with van der Waals surface area (Å²) in [5.74, 6) is 0.511. The van der Waals surface area contributed by atoms with Crippen LogP contribution in [0.15, 0.2) is 48.8 Å². The van der Waals surface area contributed by atoms with Crippen molar-refractivity contribution in [1.29, 1.82) is 0 Å². The molecule has 0 saturated carbocycles. The summed E-state index contributed by atoms with van der Waals surface area (Å²) in [5.41, 5.74) is 1.17. The van der Waals surface area contributed by atoms with Gasteiger partial charge in [-0.15, -0.1) is 0 Å². The lowest BCUT2D eigenvalue weighted by atomic mass is 9.88. The van der Waals surface area contributed by atoms with Gasteiger partial charge in [0.25, 0.3) is 0 Å². The van der Waals surface area contributed by atoms with Crippen LogP contribution in [0.5, 0.6) is 0 Å². The average molecular weight is 341 g/mol. The zero-order valence-corrected chi connectivity index (χ0v) is 14.6. The maximum absolute atomic E-state index is 12.3. The monoisotopic (exact) mass is 341 g/mol. The minimum Gasteiger partial charge on any atom is -0.392 e. The van der Waals surface area contributed by atoms with Gasteiger partial charge in [-0.25, -0.2) is 0 Å². The third kappa shape index (κ3) is 5.16. The number of hydrogen-bond acceptors (Lipinski definition) is 3. The molecule has 1 N–H and O–H groups in total. The molecular formula is C20H27N3O2. The van der Waals surface area contributed by atoms with E-state index in [-0.39, 0.29) is 17.9 Å². The molecule has 0 aliphatic carbocycles. The number of rotatable bonds is 7. The van der Waals surface area contributed by atoms with E-state index in [4.69, 9.17) is 0 Å². The number of amides is 1. The van der Waals surface area contributed by atoms with Crippen LogP contribution in [0.2, 0.25) is 0 Å². The summed E-state index contributed by atoms with van der Waals surface area (Å²) in [4.78, 5) is 14.3. The Bertz CT molecular complexity index is 634. The first-order valence-electron chi connectivity index (χ1n) is 9.19. The standard InChI is InChI=1S/C20H27N3O2/c24-19(16-17-6-2-1-3-7-17)18-9-14-22(15-10-18)20(25)8-4-12-23-13-5-11-21-23/h1-3,5-7,11,13,18-19,24H,4,8-10,12,14-16H2. The van der Waals surface area contributed by atoms with E-state index < -0.39 is 0 Å². The Morgan fingerprint density at radius 1 is 1.20 bits per heavy atom. The zero-order valence-electron chi connectivity index (χ0n) is 14.6. The number of benzene rings is 1. The topological polar surface area (TPSA) is 58.4 Å². The number of piperidine rings is 1. The SMILES string of the molecule is O=C(CCCn1cccn1)N1CCC(C(O)Cc2ccccc2)CC1. The van der Waals surface area contributed by atoms with Crippen LogP contribution < -0.4 is 0 Å². The summed E-state index contributed by atoms with van der Waals surface area (Å²) in [6, 6.07) is 12.0. The molecule has 5 heteroatoms. The Balaban J connectivity index is 1.38. The molecule has 1 aromatic heterocycles. The first-order valence-corrected chi connectivity index (χ1v) is 9.19. The maximum Gasteiger partial charge on any atom is 0.222 e. The van der Waals surface area contributed by atoms with Gasteiger partial charge >= 0.3 is 0 Å². The summed E-state index contributed by atoms with van der Waals surface area (Å²) < 4.78 is 1.86. The molecule has 0 spiro atoms. The smallest absolute Gasteiger partial charge is 0.222 e. The quantitative estimate of drug-likeness (QED) is 0.842. The molecule has 0 bridgehead atoms. The minimum atomic E-state index is -0.320. The molecule has 134 valence electrons. The van der Waals surface area contributed by atoms with Gasteiger partial charge in [-0.3, -0.25) is 9.48 Å². The van der Waals surface area contributed by atoms with Gasteiger partial charge in [-0.05, 0) is 43.2 Å². The van der Waals surface area contributed by atoms with E-state index in [1.807, 2.05) is 40.0 Å². The van der Waals surface area contributed by atoms with Gasteiger partial charge in [0.05, 0.1) is 6.10 Å². The van der Waals surface area contributed by atoms with Crippen molar-refractivity contribution in [1.82, 2.24) is 14.7 Å². The molecule has 1 saturated heterocycles. The average Bonchev–Trinajstić information content (AvgIpc) is 3.16. The van der Waals surface area contributed by atoms with Gasteiger partial charge in [0, 0.05) is 38.4 Å². The van der Waals surface area contributed by atoms with Crippen LogP contribution in [0.1, 0.15) is 31.2 Å². The fourth-order valence-electron chi connectivity index (χ4n) is 3.54. The van der Waals surface area contributed by atoms with Crippen molar-refractivity contribution in [3.8, 4) is 0 Å². The van der Waals surface area contributed by atoms with Gasteiger partial charge in [0.1, 0.15) is 0 Å². The van der Waals surface area contributed by atoms with Crippen molar-refractivity contribution in [2.75, 3.05) is 13.1 Å². The molecule has 1 aliphatic rings. The molecule has 1 aliphatic heterocycles. The molecule has 2 aromatic rings. The molecule has 1 fully saturated rings. The van der Waals surface area contributed by atoms with E-state index in [0.717, 1.165) is 38.9 Å². The molecule has 3 rings (SSSR count). The Morgan fingerprint density at radius 2 is 1.96 bits per heavy atom. The summed E-state index contributed by atoms with van der Waals surface area (Å²) in [6.45, 7) is 2.30. The molecule has 5 nitrogen and oxygen atoms in total. The largest absolute Gasteiger partial charge is 0.392 e. The summed E-state index contributed by atoms with van der Waals surface area (Å²) in [5, 5.41) is 14.6. The second kappa shape index (κ2) is 8.81. The number of aliphatic hydroxyl groups excluding tert-OH is 1. The highest BCUT2D eigenvalue weighted by Crippen LogP contribution is 2.23. The molecule has 25 heavy (non-hydrogen) atoms. The van der Waals surface area contributed by atoms with E-state index in [1.54, 1.807) is 6.20 Å². The predicted octanol–water partition coefficient (Wildman–Crippen LogP) is 2.51. The number of aliphatic hydroxyl groups is 1. The highest BCUT2D eigenvalue weighted by Gasteiger charge is 2.27. The van der Waals surface area contributed by atoms with Crippen molar-refractivity contribution < 1.29 is 9.90 Å². The van der Waals surface area contributed by atoms with E-state index in [0.29, 0.717) is 12.8 Å². The molecule has 1 unspecified atom stereocenters. The maximum atomic E-state index is 12.3. The Hall–Kier alpha value is -2.14. The normalized spacial score (nSPS) is 16.8. The first kappa shape index (κ1) is 17.7. The van der Waals surface area contributed by atoms with Crippen LogP contribution in [0.3, 0.4) is 0 Å². The second-order valence-electron chi connectivity index (χ2n) is 6.85. The number of carbonyl (C=O) groups is 1. The fourth-order valence-corrected chi connectivity index (χ4v) is 3.54. The Kier molecular flexibility index (Phi) is 6.23. The van der Waals surface area contributed by atoms with Crippen molar-refractivity contribution in [2.24, 2.45) is 5.92 Å². The predicted molar refractivity (Wildman–Crippen MR) is 96.9 cm³/mol. The van der Waals surface area contributed by atoms with E-state index >= 15 is 0 Å². The third-order valence-corrected chi connectivity index (χ3v) is 5.06. The van der Waals surface area contributed by atoms with Crippen LogP contribution in [0, 0.1) is 5.92 Å². The molecule has 0 radical (unpaired) electrons. The zero-order chi connectivity index (χ0) is 17.5. The number of nitrogens with zero attached hydrogens (tertiary/aromatic N) is 3. The van der Waals surface area contributed by atoms with Crippen LogP contribution in [0.25, 0.3) is 0 Å². The Morgan fingerprint density at radius 3 is 2.64 bits per heavy atom. The van der Waals surface area contributed by atoms with Gasteiger partial charge < -0.3 is 10.0 Å². The van der Waals surface area contributed by atoms with Crippen LogP contribution in [-0.2, 0) is 17.8 Å². The fraction of sp³-hybridized carbons (Fsp3) is 0.500. The lowest BCUT2D eigenvalue weighted by Gasteiger charge is -2.34. The lowest BCUT2D eigenvalue weighted by Crippen LogP contribution is -2.41. The molecule has 2 heterocycles. The molecule has 1 aromatic carbocycles. The highest BCUT2D eigenvalue weighted by molar-refractivity contribution is 5.76. The number of carbonyl (C=O) groups excluding carboxylic acids is 1. The van der Waals surface area contributed by atoms with Crippen LogP contribution >= 0.6 is 0 Å². The summed E-state index contributed by atoms with van der Waals surface area (Å²) in [7, 11) is 0. The van der Waals surface area contributed by atoms with Crippen molar-refractivity contribution >= 4 is 5.91 Å². The lowest BCUT2D eigenvalue weighted by molar-refractivity contribution is -0.133. The number of aromatic nitrogens is 2. The first-order chi connectivity index (χ1) is 12.2. The van der Waals surface area contributed by atoms with E-state index in [1.165, 1.54) is 5.56 Å². The molecule has 1 atom stereocenters. The summed E-state index contributed by atoms with van der Waals surface area (Å²) >= 11 is 0. The van der Waals surface area contributed by atoms with Gasteiger partial charge in [0.15, 0.2) is 0 Å². The summed E-state index contributed by atoms with van der Waals surface area (Å²) in [6.07, 6.45) is 7.21. The highest BCUT2D eigenvalue weighted by atomic mass is 16.3. The number of likely N-dealkylation sites (tertiary alicyclic amines) is 1. The van der Waals surface area contributed by atoms with Gasteiger partial charge in [-0.2, -0.15) is 5.10 Å². The van der Waals surface area contributed by atoms with Crippen molar-refractivity contribution in [3.05, 3.63) is 54.4 Å². The second-order valence-corrected chi connectivity index (χ2v) is 6.85. The third-order valence-electron chi connectivity index (χ3n) is 5.06. The van der Waals surface area contributed by atoms with E-state index in [9.17, 15) is 9.90 Å². The number of aryl methyl sites for hydroxylation is 1. The van der Waals surface area contributed by atoms with Crippen molar-refractivity contribution in [2.45, 2.75) is 44.8 Å². The van der Waals surface area contributed by atoms with Crippen molar-refractivity contribution in [3.63, 3.8) is 0 Å². The molecule has 1 amide bonds. The van der Waals surface area contributed by atoms with Gasteiger partial charge in [-0.1, -0.05) is 30.3 Å². The Labute approximate surface area is 149 Å². The number of hydrogen-bond donors (Lipinski definition) is 1. The molecular weight excluding hydrogens is 314 g/mol. The van der Waals surface area contributed by atoms with Crippen LogP contribution in [0.4, 0.5) is 0 Å². The van der Waals surface area contributed by atoms with Gasteiger partial charge in [0.2, 0.25) is 5.91 Å². The van der Waals surface area contributed by atoms with E-state index in [2.05, 4.69) is 17.2 Å².